The molecule has 6 nitrogen and oxygen atoms in total. The molecule has 2 heterocycles. The number of nitrogens with zero attached hydrogens (tertiary/aromatic N) is 4. The molecular weight excluding hydrogens is 254 g/mol. The molecule has 0 aromatic carbocycles. The molecule has 1 N–H and O–H groups in total. The van der Waals surface area contributed by atoms with Crippen molar-refractivity contribution >= 4 is 5.96 Å². The maximum atomic E-state index is 4.97. The zero-order valence-electron chi connectivity index (χ0n) is 12.9. The molecule has 1 saturated heterocycles. The summed E-state index contributed by atoms with van der Waals surface area (Å²) in [4.78, 5) is 10.9. The Hall–Kier alpha value is -1.59. The van der Waals surface area contributed by atoms with Crippen LogP contribution in [0, 0.1) is 12.3 Å². The number of likely N-dealkylation sites (tertiary alicyclic amines) is 1. The van der Waals surface area contributed by atoms with Crippen molar-refractivity contribution in [1.82, 2.24) is 20.4 Å². The van der Waals surface area contributed by atoms with Crippen LogP contribution in [-0.4, -0.2) is 41.1 Å². The largest absolute Gasteiger partial charge is 0.349 e. The minimum atomic E-state index is 0.445. The third kappa shape index (κ3) is 3.11. The topological polar surface area (TPSA) is 66.5 Å². The van der Waals surface area contributed by atoms with E-state index in [2.05, 4.69) is 39.2 Å². The molecule has 0 radical (unpaired) electrons. The highest BCUT2D eigenvalue weighted by Gasteiger charge is 2.36. The van der Waals surface area contributed by atoms with Gasteiger partial charge in [-0.05, 0) is 24.7 Å². The van der Waals surface area contributed by atoms with E-state index >= 15 is 0 Å². The molecule has 0 saturated carbocycles. The average Bonchev–Trinajstić information content (AvgIpc) is 3.07. The molecule has 0 bridgehead atoms. The third-order valence-corrected chi connectivity index (χ3v) is 4.42. The van der Waals surface area contributed by atoms with E-state index in [1.54, 1.807) is 6.92 Å². The van der Waals surface area contributed by atoms with Crippen molar-refractivity contribution in [2.75, 3.05) is 20.1 Å². The molecule has 1 aliphatic rings. The Kier molecular flexibility index (Phi) is 4.62. The fourth-order valence-corrected chi connectivity index (χ4v) is 2.85. The summed E-state index contributed by atoms with van der Waals surface area (Å²) in [5, 5.41) is 7.21. The maximum absolute atomic E-state index is 4.97. The summed E-state index contributed by atoms with van der Waals surface area (Å²) in [6, 6.07) is 0. The predicted molar refractivity (Wildman–Crippen MR) is 78.4 cm³/mol. The van der Waals surface area contributed by atoms with Crippen molar-refractivity contribution in [1.29, 1.82) is 0 Å². The van der Waals surface area contributed by atoms with Crippen LogP contribution in [0.25, 0.3) is 0 Å². The lowest BCUT2D eigenvalue weighted by molar-refractivity contribution is 0.276. The van der Waals surface area contributed by atoms with E-state index in [1.165, 1.54) is 19.3 Å². The number of aryl methyl sites for hydroxylation is 1. The summed E-state index contributed by atoms with van der Waals surface area (Å²) < 4.78 is 4.97. The zero-order valence-corrected chi connectivity index (χ0v) is 12.9. The molecule has 0 unspecified atom stereocenters. The standard InChI is InChI=1S/C14H25N5O/c1-5-14(6-2)7-8-19(10-14)13(15-4)16-9-12-17-11(3)20-18-12/h5-10H2,1-4H3,(H,15,16). The molecule has 1 aromatic rings. The quantitative estimate of drug-likeness (QED) is 0.674. The second-order valence-electron chi connectivity index (χ2n) is 5.51. The van der Waals surface area contributed by atoms with E-state index in [4.69, 9.17) is 4.52 Å². The van der Waals surface area contributed by atoms with Crippen molar-refractivity contribution < 1.29 is 4.52 Å². The van der Waals surface area contributed by atoms with E-state index in [1.807, 2.05) is 7.05 Å². The Bertz CT molecular complexity index is 464. The fourth-order valence-electron chi connectivity index (χ4n) is 2.85. The van der Waals surface area contributed by atoms with Crippen LogP contribution in [0.4, 0.5) is 0 Å². The molecule has 0 aliphatic carbocycles. The molecule has 6 heteroatoms. The maximum Gasteiger partial charge on any atom is 0.223 e. The first-order chi connectivity index (χ1) is 9.62. The molecule has 0 atom stereocenters. The van der Waals surface area contributed by atoms with Gasteiger partial charge in [0.25, 0.3) is 0 Å². The molecule has 0 amide bonds. The van der Waals surface area contributed by atoms with Crippen LogP contribution in [0.15, 0.2) is 9.52 Å². The number of hydrogen-bond acceptors (Lipinski definition) is 4. The summed E-state index contributed by atoms with van der Waals surface area (Å²) in [6.07, 6.45) is 3.68. The molecule has 1 aromatic heterocycles. The highest BCUT2D eigenvalue weighted by molar-refractivity contribution is 5.80. The Balaban J connectivity index is 1.93. The van der Waals surface area contributed by atoms with Crippen molar-refractivity contribution in [3.05, 3.63) is 11.7 Å². The van der Waals surface area contributed by atoms with Gasteiger partial charge in [0, 0.05) is 27.1 Å². The number of nitrogens with one attached hydrogen (secondary N) is 1. The summed E-state index contributed by atoms with van der Waals surface area (Å²) in [5.74, 6) is 2.19. The fraction of sp³-hybridized carbons (Fsp3) is 0.786. The van der Waals surface area contributed by atoms with Crippen molar-refractivity contribution in [3.63, 3.8) is 0 Å². The third-order valence-electron chi connectivity index (χ3n) is 4.42. The van der Waals surface area contributed by atoms with Crippen LogP contribution < -0.4 is 5.32 Å². The van der Waals surface area contributed by atoms with Crippen LogP contribution in [0.3, 0.4) is 0 Å². The van der Waals surface area contributed by atoms with Crippen LogP contribution >= 0.6 is 0 Å². The van der Waals surface area contributed by atoms with Crippen LogP contribution in [0.1, 0.15) is 44.8 Å². The summed E-state index contributed by atoms with van der Waals surface area (Å²) in [6.45, 7) is 9.04. The lowest BCUT2D eigenvalue weighted by Crippen LogP contribution is -2.41. The summed E-state index contributed by atoms with van der Waals surface area (Å²) in [5.41, 5.74) is 0.445. The first-order valence-electron chi connectivity index (χ1n) is 7.37. The van der Waals surface area contributed by atoms with Gasteiger partial charge in [-0.15, -0.1) is 0 Å². The van der Waals surface area contributed by atoms with Crippen molar-refractivity contribution in [2.24, 2.45) is 10.4 Å². The Morgan fingerprint density at radius 2 is 2.20 bits per heavy atom. The molecule has 0 spiro atoms. The van der Waals surface area contributed by atoms with Gasteiger partial charge in [-0.1, -0.05) is 19.0 Å². The van der Waals surface area contributed by atoms with Crippen LogP contribution in [0.2, 0.25) is 0 Å². The van der Waals surface area contributed by atoms with E-state index < -0.39 is 0 Å². The van der Waals surface area contributed by atoms with E-state index in [0.717, 1.165) is 19.0 Å². The highest BCUT2D eigenvalue weighted by atomic mass is 16.5. The minimum Gasteiger partial charge on any atom is -0.349 e. The van der Waals surface area contributed by atoms with Gasteiger partial charge >= 0.3 is 0 Å². The molecule has 2 rings (SSSR count). The van der Waals surface area contributed by atoms with Gasteiger partial charge in [-0.2, -0.15) is 4.98 Å². The van der Waals surface area contributed by atoms with Gasteiger partial charge in [-0.3, -0.25) is 4.99 Å². The first kappa shape index (κ1) is 14.8. The Labute approximate surface area is 120 Å². The van der Waals surface area contributed by atoms with Crippen molar-refractivity contribution in [2.45, 2.75) is 46.6 Å². The van der Waals surface area contributed by atoms with Gasteiger partial charge < -0.3 is 14.7 Å². The Morgan fingerprint density at radius 1 is 1.45 bits per heavy atom. The number of hydrogen-bond donors (Lipinski definition) is 1. The van der Waals surface area contributed by atoms with Gasteiger partial charge in [0.05, 0.1) is 6.54 Å². The molecule has 1 aliphatic heterocycles. The summed E-state index contributed by atoms with van der Waals surface area (Å²) in [7, 11) is 1.82. The van der Waals surface area contributed by atoms with E-state index in [9.17, 15) is 0 Å². The second-order valence-corrected chi connectivity index (χ2v) is 5.51. The minimum absolute atomic E-state index is 0.445. The van der Waals surface area contributed by atoms with Gasteiger partial charge in [0.1, 0.15) is 0 Å². The van der Waals surface area contributed by atoms with Crippen molar-refractivity contribution in [3.8, 4) is 0 Å². The average molecular weight is 279 g/mol. The molecule has 20 heavy (non-hydrogen) atoms. The lowest BCUT2D eigenvalue weighted by atomic mass is 9.82. The molecule has 112 valence electrons. The predicted octanol–water partition coefficient (Wildman–Crippen LogP) is 1.97. The number of aromatic nitrogens is 2. The number of guanidine groups is 1. The normalized spacial score (nSPS) is 18.6. The molecular formula is C14H25N5O. The monoisotopic (exact) mass is 279 g/mol. The van der Waals surface area contributed by atoms with E-state index in [-0.39, 0.29) is 0 Å². The zero-order chi connectivity index (χ0) is 14.6. The molecule has 1 fully saturated rings. The highest BCUT2D eigenvalue weighted by Crippen LogP contribution is 2.36. The number of aliphatic imine (C=N–C) groups is 1. The van der Waals surface area contributed by atoms with Crippen LogP contribution in [0.5, 0.6) is 0 Å². The van der Waals surface area contributed by atoms with Gasteiger partial charge in [-0.25, -0.2) is 0 Å². The SMILES string of the molecule is CCC1(CC)CCN(C(=NC)NCc2noc(C)n2)C1. The Morgan fingerprint density at radius 3 is 2.70 bits per heavy atom. The van der Waals surface area contributed by atoms with Crippen LogP contribution in [-0.2, 0) is 6.54 Å². The number of rotatable bonds is 4. The summed E-state index contributed by atoms with van der Waals surface area (Å²) >= 11 is 0. The van der Waals surface area contributed by atoms with Gasteiger partial charge in [0.2, 0.25) is 5.89 Å². The lowest BCUT2D eigenvalue weighted by Gasteiger charge is -2.27. The van der Waals surface area contributed by atoms with Gasteiger partial charge in [0.15, 0.2) is 11.8 Å². The second kappa shape index (κ2) is 6.24. The smallest absolute Gasteiger partial charge is 0.223 e. The first-order valence-corrected chi connectivity index (χ1v) is 7.37. The van der Waals surface area contributed by atoms with E-state index in [0.29, 0.717) is 23.7 Å².